The van der Waals surface area contributed by atoms with Crippen LogP contribution in [0.1, 0.15) is 37.3 Å². The normalized spacial score (nSPS) is 25.5. The Kier molecular flexibility index (Phi) is 7.23. The van der Waals surface area contributed by atoms with Crippen molar-refractivity contribution in [2.45, 2.75) is 57.0 Å². The number of aromatic nitrogens is 3. The molecule has 3 N–H and O–H groups in total. The number of nitrogens with one attached hydrogen (secondary N) is 1. The van der Waals surface area contributed by atoms with Crippen LogP contribution in [0.4, 0.5) is 42.2 Å². The van der Waals surface area contributed by atoms with Gasteiger partial charge >= 0.3 is 12.2 Å². The first-order valence-electron chi connectivity index (χ1n) is 14.9. The molecule has 4 aliphatic heterocycles. The number of hydrogen-bond donors (Lipinski definition) is 2. The van der Waals surface area contributed by atoms with E-state index in [-0.39, 0.29) is 35.7 Å². The lowest BCUT2D eigenvalue weighted by Crippen LogP contribution is -2.56. The Balaban J connectivity index is 1.45. The smallest absolute Gasteiger partial charge is 0.417 e. The van der Waals surface area contributed by atoms with E-state index in [0.717, 1.165) is 19.9 Å². The standard InChI is InChI=1S/C30H30F7N7O2/c1-13-19(30(35,36)37)17(21(33)23(38)20(13)32)24-22(34)25-18-26(44-7-5-39-10-16(44)14(2)46-27(18)40-24)42-28(41-25)45-12-29-4-3-6-43(29)11-15(8-29)9-31/h9,14,16,39H,3-8,10-12,38H2,1-2H3/b15-9-/t14-,16-,29-/m0/s1. The van der Waals surface area contributed by atoms with Gasteiger partial charge in [0.15, 0.2) is 17.5 Å². The minimum Gasteiger partial charge on any atom is -0.472 e. The number of ether oxygens (including phenoxy) is 2. The maximum Gasteiger partial charge on any atom is 0.417 e. The summed E-state index contributed by atoms with van der Waals surface area (Å²) in [5, 5.41) is 3.22. The van der Waals surface area contributed by atoms with Gasteiger partial charge < -0.3 is 25.4 Å². The molecule has 9 nitrogen and oxygen atoms in total. The molecule has 4 aliphatic rings. The predicted octanol–water partition coefficient (Wildman–Crippen LogP) is 5.05. The molecule has 0 radical (unpaired) electrons. The number of pyridine rings is 1. The van der Waals surface area contributed by atoms with Crippen molar-refractivity contribution in [3.05, 3.63) is 40.5 Å². The van der Waals surface area contributed by atoms with Crippen molar-refractivity contribution < 1.29 is 40.2 Å². The molecule has 0 amide bonds. The zero-order valence-electron chi connectivity index (χ0n) is 24.9. The van der Waals surface area contributed by atoms with Gasteiger partial charge in [-0.05, 0) is 50.8 Å². The zero-order valence-corrected chi connectivity index (χ0v) is 24.9. The van der Waals surface area contributed by atoms with Crippen molar-refractivity contribution in [3.8, 4) is 23.1 Å². The van der Waals surface area contributed by atoms with Crippen molar-refractivity contribution in [2.75, 3.05) is 50.0 Å². The first kappa shape index (κ1) is 30.7. The fourth-order valence-electron chi connectivity index (χ4n) is 7.36. The van der Waals surface area contributed by atoms with Crippen LogP contribution in [0.2, 0.25) is 0 Å². The van der Waals surface area contributed by atoms with Crippen LogP contribution in [0.15, 0.2) is 11.9 Å². The van der Waals surface area contributed by atoms with E-state index < -0.39 is 68.9 Å². The Morgan fingerprint density at radius 3 is 2.65 bits per heavy atom. The molecular weight excluding hydrogens is 623 g/mol. The van der Waals surface area contributed by atoms with Gasteiger partial charge in [0.25, 0.3) is 0 Å². The number of nitrogens with zero attached hydrogens (tertiary/aromatic N) is 5. The number of benzene rings is 1. The molecule has 3 fully saturated rings. The highest BCUT2D eigenvalue weighted by molar-refractivity contribution is 5.97. The van der Waals surface area contributed by atoms with Gasteiger partial charge in [0.05, 0.1) is 29.0 Å². The molecular formula is C30H30F7N7O2. The van der Waals surface area contributed by atoms with Crippen LogP contribution in [-0.4, -0.2) is 76.9 Å². The van der Waals surface area contributed by atoms with Crippen molar-refractivity contribution in [1.29, 1.82) is 0 Å². The van der Waals surface area contributed by atoms with E-state index in [1.807, 2.05) is 4.90 Å². The third kappa shape index (κ3) is 4.62. The Morgan fingerprint density at radius 2 is 1.91 bits per heavy atom. The third-order valence-electron chi connectivity index (χ3n) is 9.59. The first-order valence-corrected chi connectivity index (χ1v) is 14.9. The number of alkyl halides is 3. The quantitative estimate of drug-likeness (QED) is 0.296. The number of fused-ring (bicyclic) bond motifs is 3. The second-order valence-corrected chi connectivity index (χ2v) is 12.3. The van der Waals surface area contributed by atoms with Crippen LogP contribution >= 0.6 is 0 Å². The molecule has 1 aromatic carbocycles. The monoisotopic (exact) mass is 653 g/mol. The minimum atomic E-state index is -5.31. The van der Waals surface area contributed by atoms with Gasteiger partial charge in [-0.15, -0.1) is 0 Å². The number of halogens is 7. The summed E-state index contributed by atoms with van der Waals surface area (Å²) in [5.41, 5.74) is -1.36. The van der Waals surface area contributed by atoms with Gasteiger partial charge in [-0.25, -0.2) is 22.5 Å². The summed E-state index contributed by atoms with van der Waals surface area (Å²) in [7, 11) is 0. The molecule has 3 atom stereocenters. The van der Waals surface area contributed by atoms with E-state index in [2.05, 4.69) is 25.2 Å². The Bertz CT molecular complexity index is 1790. The molecule has 2 aromatic heterocycles. The molecule has 0 saturated carbocycles. The SMILES string of the molecule is Cc1c(F)c(N)c(F)c(-c2nc3c4c(nc(OC[C@@]56CCCN5C/C(=C\F)C6)nc4c2F)N2CCNC[C@H]2[C@H](C)O3)c1C(F)(F)F. The topological polar surface area (TPSA) is 102 Å². The van der Waals surface area contributed by atoms with Gasteiger partial charge in [0.2, 0.25) is 5.88 Å². The number of piperazine rings is 1. The summed E-state index contributed by atoms with van der Waals surface area (Å²) < 4.78 is 116. The van der Waals surface area contributed by atoms with E-state index in [0.29, 0.717) is 50.9 Å². The molecule has 46 heavy (non-hydrogen) atoms. The lowest BCUT2D eigenvalue weighted by molar-refractivity contribution is -0.137. The fraction of sp³-hybridized carbons (Fsp3) is 0.500. The molecule has 7 rings (SSSR count). The van der Waals surface area contributed by atoms with E-state index in [1.54, 1.807) is 6.92 Å². The molecule has 3 aromatic rings. The molecule has 0 unspecified atom stereocenters. The number of nitrogens with two attached hydrogens (primary N) is 1. The Morgan fingerprint density at radius 1 is 1.13 bits per heavy atom. The van der Waals surface area contributed by atoms with Gasteiger partial charge in [-0.1, -0.05) is 0 Å². The zero-order chi connectivity index (χ0) is 32.7. The highest BCUT2D eigenvalue weighted by Crippen LogP contribution is 2.48. The van der Waals surface area contributed by atoms with Crippen LogP contribution < -0.4 is 25.4 Å². The van der Waals surface area contributed by atoms with Crippen molar-refractivity contribution in [2.24, 2.45) is 0 Å². The number of hydrogen-bond acceptors (Lipinski definition) is 9. The summed E-state index contributed by atoms with van der Waals surface area (Å²) >= 11 is 0. The Labute approximate surface area is 258 Å². The Hall–Kier alpha value is -3.92. The summed E-state index contributed by atoms with van der Waals surface area (Å²) in [5.74, 6) is -4.99. The van der Waals surface area contributed by atoms with Crippen molar-refractivity contribution in [3.63, 3.8) is 0 Å². The average Bonchev–Trinajstić information content (AvgIpc) is 3.55. The van der Waals surface area contributed by atoms with Crippen molar-refractivity contribution in [1.82, 2.24) is 25.2 Å². The maximum atomic E-state index is 16.7. The van der Waals surface area contributed by atoms with Gasteiger partial charge in [-0.3, -0.25) is 4.90 Å². The fourth-order valence-corrected chi connectivity index (χ4v) is 7.36. The number of anilines is 2. The lowest BCUT2D eigenvalue weighted by atomic mass is 9.94. The van der Waals surface area contributed by atoms with Crippen LogP contribution in [0.3, 0.4) is 0 Å². The summed E-state index contributed by atoms with van der Waals surface area (Å²) in [6.45, 7) is 5.10. The summed E-state index contributed by atoms with van der Waals surface area (Å²) in [6, 6.07) is -0.635. The molecule has 6 heterocycles. The van der Waals surface area contributed by atoms with E-state index in [9.17, 15) is 22.0 Å². The van der Waals surface area contributed by atoms with E-state index in [4.69, 9.17) is 15.2 Å². The van der Waals surface area contributed by atoms with E-state index >= 15 is 8.78 Å². The molecule has 246 valence electrons. The van der Waals surface area contributed by atoms with Gasteiger partial charge in [0, 0.05) is 26.2 Å². The lowest BCUT2D eigenvalue weighted by Gasteiger charge is -2.38. The third-order valence-corrected chi connectivity index (χ3v) is 9.59. The minimum absolute atomic E-state index is 0.0326. The highest BCUT2D eigenvalue weighted by Gasteiger charge is 2.48. The molecule has 16 heteroatoms. The summed E-state index contributed by atoms with van der Waals surface area (Å²) in [6.07, 6.45) is -3.35. The van der Waals surface area contributed by atoms with Gasteiger partial charge in [0.1, 0.15) is 40.8 Å². The highest BCUT2D eigenvalue weighted by atomic mass is 19.4. The van der Waals surface area contributed by atoms with Crippen LogP contribution in [-0.2, 0) is 6.18 Å². The van der Waals surface area contributed by atoms with Crippen LogP contribution in [0, 0.1) is 24.4 Å². The van der Waals surface area contributed by atoms with Crippen LogP contribution in [0.25, 0.3) is 22.2 Å². The maximum absolute atomic E-state index is 16.7. The molecule has 0 aliphatic carbocycles. The second kappa shape index (κ2) is 10.8. The van der Waals surface area contributed by atoms with E-state index in [1.165, 1.54) is 0 Å². The number of nitrogen functional groups attached to an aromatic ring is 1. The largest absolute Gasteiger partial charge is 0.472 e. The molecule has 0 bridgehead atoms. The molecule has 3 saturated heterocycles. The summed E-state index contributed by atoms with van der Waals surface area (Å²) in [4.78, 5) is 17.0. The second-order valence-electron chi connectivity index (χ2n) is 12.3. The first-order chi connectivity index (χ1) is 21.8. The average molecular weight is 654 g/mol. The molecule has 0 spiro atoms. The number of rotatable bonds is 4. The van der Waals surface area contributed by atoms with Crippen molar-refractivity contribution >= 4 is 22.4 Å². The van der Waals surface area contributed by atoms with Gasteiger partial charge in [-0.2, -0.15) is 23.1 Å². The predicted molar refractivity (Wildman–Crippen MR) is 154 cm³/mol. The van der Waals surface area contributed by atoms with Crippen LogP contribution in [0.5, 0.6) is 11.9 Å².